The molecule has 0 unspecified atom stereocenters. The summed E-state index contributed by atoms with van der Waals surface area (Å²) in [6, 6.07) is 1.70. The van der Waals surface area contributed by atoms with E-state index >= 15 is 0 Å². The van der Waals surface area contributed by atoms with Gasteiger partial charge in [0.2, 0.25) is 11.1 Å². The van der Waals surface area contributed by atoms with Crippen molar-refractivity contribution < 1.29 is 24.0 Å². The van der Waals surface area contributed by atoms with Gasteiger partial charge in [-0.3, -0.25) is 18.7 Å². The number of hydroxylamine groups is 2. The largest absolute Gasteiger partial charge is 0.333 e. The third-order valence-electron chi connectivity index (χ3n) is 3.53. The van der Waals surface area contributed by atoms with Gasteiger partial charge in [-0.15, -0.1) is 5.06 Å². The lowest BCUT2D eigenvalue weighted by Crippen LogP contribution is -2.31. The quantitative estimate of drug-likeness (QED) is 0.274. The molecule has 10 heteroatoms. The molecule has 0 saturated carbocycles. The standard InChI is InChI=1S/C16H20N4O5S/c1-12(21)19(26-16-17-9-5-10-18-16)11-4-2-3-6-15(24)25-20-13(22)7-8-14(20)23/h5,9-10H,2-4,6-8,11H2,1H3. The summed E-state index contributed by atoms with van der Waals surface area (Å²) in [5.41, 5.74) is 0. The van der Waals surface area contributed by atoms with Crippen LogP contribution in [0.2, 0.25) is 0 Å². The van der Waals surface area contributed by atoms with E-state index in [0.717, 1.165) is 0 Å². The molecule has 1 aliphatic rings. The highest BCUT2D eigenvalue weighted by molar-refractivity contribution is 7.97. The Morgan fingerprint density at radius 3 is 2.42 bits per heavy atom. The summed E-state index contributed by atoms with van der Waals surface area (Å²) in [6.07, 6.45) is 5.39. The first kappa shape index (κ1) is 19.8. The van der Waals surface area contributed by atoms with Crippen molar-refractivity contribution in [2.24, 2.45) is 0 Å². The van der Waals surface area contributed by atoms with Crippen LogP contribution in [0.25, 0.3) is 0 Å². The Morgan fingerprint density at radius 2 is 1.81 bits per heavy atom. The lowest BCUT2D eigenvalue weighted by molar-refractivity contribution is -0.197. The van der Waals surface area contributed by atoms with Crippen LogP contribution in [0.3, 0.4) is 0 Å². The fraction of sp³-hybridized carbons (Fsp3) is 0.500. The van der Waals surface area contributed by atoms with Gasteiger partial charge in [-0.25, -0.2) is 14.8 Å². The second-order valence-corrected chi connectivity index (χ2v) is 6.59. The topological polar surface area (TPSA) is 110 Å². The van der Waals surface area contributed by atoms with Gasteiger partial charge in [0.15, 0.2) is 0 Å². The second kappa shape index (κ2) is 9.85. The molecule has 0 spiro atoms. The molecule has 1 saturated heterocycles. The number of hydrogen-bond donors (Lipinski definition) is 0. The zero-order valence-electron chi connectivity index (χ0n) is 14.4. The van der Waals surface area contributed by atoms with Crippen LogP contribution < -0.4 is 0 Å². The summed E-state index contributed by atoms with van der Waals surface area (Å²) >= 11 is 1.17. The van der Waals surface area contributed by atoms with Gasteiger partial charge in [0.1, 0.15) is 0 Å². The molecular formula is C16H20N4O5S. The highest BCUT2D eigenvalue weighted by Gasteiger charge is 2.32. The van der Waals surface area contributed by atoms with Crippen LogP contribution in [0, 0.1) is 0 Å². The highest BCUT2D eigenvalue weighted by Crippen LogP contribution is 2.19. The predicted octanol–water partition coefficient (Wildman–Crippen LogP) is 1.50. The highest BCUT2D eigenvalue weighted by atomic mass is 32.2. The Morgan fingerprint density at radius 1 is 1.15 bits per heavy atom. The lowest BCUT2D eigenvalue weighted by atomic mass is 10.2. The van der Waals surface area contributed by atoms with Gasteiger partial charge >= 0.3 is 5.97 Å². The molecular weight excluding hydrogens is 360 g/mol. The van der Waals surface area contributed by atoms with Crippen molar-refractivity contribution in [3.05, 3.63) is 18.5 Å². The van der Waals surface area contributed by atoms with Crippen LogP contribution in [0.1, 0.15) is 45.4 Å². The molecule has 1 aromatic heterocycles. The van der Waals surface area contributed by atoms with E-state index < -0.39 is 17.8 Å². The molecule has 0 N–H and O–H groups in total. The predicted molar refractivity (Wildman–Crippen MR) is 90.9 cm³/mol. The molecule has 0 aromatic carbocycles. The SMILES string of the molecule is CC(=O)N(CCCCCC(=O)ON1C(=O)CCC1=O)Sc1ncccn1. The maximum absolute atomic E-state index is 11.7. The number of imide groups is 1. The minimum absolute atomic E-state index is 0.0792. The van der Waals surface area contributed by atoms with Crippen molar-refractivity contribution in [1.82, 2.24) is 19.3 Å². The van der Waals surface area contributed by atoms with E-state index in [1.807, 2.05) is 0 Å². The molecule has 0 radical (unpaired) electrons. The minimum Gasteiger partial charge on any atom is -0.330 e. The maximum atomic E-state index is 11.7. The fourth-order valence-corrected chi connectivity index (χ4v) is 2.97. The molecule has 2 heterocycles. The molecule has 2 rings (SSSR count). The molecule has 0 atom stereocenters. The Kier molecular flexibility index (Phi) is 7.52. The van der Waals surface area contributed by atoms with Crippen molar-refractivity contribution in [3.63, 3.8) is 0 Å². The van der Waals surface area contributed by atoms with Crippen LogP contribution in [-0.2, 0) is 24.0 Å². The van der Waals surface area contributed by atoms with E-state index in [-0.39, 0.29) is 25.2 Å². The summed E-state index contributed by atoms with van der Waals surface area (Å²) in [6.45, 7) is 1.97. The third-order valence-corrected chi connectivity index (χ3v) is 4.56. The van der Waals surface area contributed by atoms with Crippen molar-refractivity contribution in [1.29, 1.82) is 0 Å². The second-order valence-electron chi connectivity index (χ2n) is 5.60. The molecule has 3 amide bonds. The lowest BCUT2D eigenvalue weighted by Gasteiger charge is -2.18. The fourth-order valence-electron chi connectivity index (χ4n) is 2.21. The molecule has 26 heavy (non-hydrogen) atoms. The first-order valence-corrected chi connectivity index (χ1v) is 9.04. The van der Waals surface area contributed by atoms with Crippen LogP contribution in [0.15, 0.2) is 23.6 Å². The molecule has 0 bridgehead atoms. The Bertz CT molecular complexity index is 654. The number of hydrogen-bond acceptors (Lipinski definition) is 8. The van der Waals surface area contributed by atoms with Crippen molar-refractivity contribution >= 4 is 35.6 Å². The van der Waals surface area contributed by atoms with Gasteiger partial charge in [-0.1, -0.05) is 6.42 Å². The number of nitrogens with zero attached hydrogens (tertiary/aromatic N) is 4. The summed E-state index contributed by atoms with van der Waals surface area (Å²) < 4.78 is 1.56. The van der Waals surface area contributed by atoms with Gasteiger partial charge < -0.3 is 4.84 Å². The zero-order valence-corrected chi connectivity index (χ0v) is 15.2. The normalized spacial score (nSPS) is 13.8. The van der Waals surface area contributed by atoms with Gasteiger partial charge in [-0.2, -0.15) is 0 Å². The van der Waals surface area contributed by atoms with E-state index in [2.05, 4.69) is 9.97 Å². The van der Waals surface area contributed by atoms with Crippen LogP contribution in [-0.4, -0.2) is 49.6 Å². The van der Waals surface area contributed by atoms with Gasteiger partial charge in [-0.05, 0) is 18.9 Å². The summed E-state index contributed by atoms with van der Waals surface area (Å²) in [5.74, 6) is -1.68. The number of aromatic nitrogens is 2. The monoisotopic (exact) mass is 380 g/mol. The molecule has 1 aliphatic heterocycles. The molecule has 140 valence electrons. The van der Waals surface area contributed by atoms with Crippen LogP contribution >= 0.6 is 11.9 Å². The summed E-state index contributed by atoms with van der Waals surface area (Å²) in [4.78, 5) is 59.0. The van der Waals surface area contributed by atoms with E-state index in [0.29, 0.717) is 36.0 Å². The number of amides is 3. The first-order valence-electron chi connectivity index (χ1n) is 8.27. The molecule has 0 aliphatic carbocycles. The van der Waals surface area contributed by atoms with Gasteiger partial charge in [0.05, 0.1) is 0 Å². The number of rotatable bonds is 9. The van der Waals surface area contributed by atoms with Crippen molar-refractivity contribution in [2.45, 2.75) is 50.6 Å². The van der Waals surface area contributed by atoms with Crippen molar-refractivity contribution in [2.75, 3.05) is 6.54 Å². The van der Waals surface area contributed by atoms with E-state index in [1.165, 1.54) is 18.9 Å². The molecule has 1 fully saturated rings. The van der Waals surface area contributed by atoms with E-state index in [4.69, 9.17) is 4.84 Å². The number of unbranched alkanes of at least 4 members (excludes halogenated alkanes) is 2. The van der Waals surface area contributed by atoms with E-state index in [1.54, 1.807) is 22.8 Å². The zero-order chi connectivity index (χ0) is 18.9. The third kappa shape index (κ3) is 6.10. The molecule has 9 nitrogen and oxygen atoms in total. The average Bonchev–Trinajstić information content (AvgIpc) is 2.93. The van der Waals surface area contributed by atoms with Crippen LogP contribution in [0.4, 0.5) is 0 Å². The Hall–Kier alpha value is -2.49. The van der Waals surface area contributed by atoms with Gasteiger partial charge in [0, 0.05) is 57.1 Å². The number of carbonyl (C=O) groups is 4. The van der Waals surface area contributed by atoms with Crippen LogP contribution in [0.5, 0.6) is 0 Å². The Balaban J connectivity index is 1.65. The maximum Gasteiger partial charge on any atom is 0.333 e. The average molecular weight is 380 g/mol. The Labute approximate surface area is 155 Å². The van der Waals surface area contributed by atoms with Crippen molar-refractivity contribution in [3.8, 4) is 0 Å². The first-order chi connectivity index (χ1) is 12.5. The minimum atomic E-state index is -0.607. The smallest absolute Gasteiger partial charge is 0.330 e. The van der Waals surface area contributed by atoms with Gasteiger partial charge in [0.25, 0.3) is 11.8 Å². The number of carbonyl (C=O) groups excluding carboxylic acids is 4. The summed E-state index contributed by atoms with van der Waals surface area (Å²) in [5, 5.41) is 1.04. The summed E-state index contributed by atoms with van der Waals surface area (Å²) in [7, 11) is 0. The molecule has 1 aromatic rings. The van der Waals surface area contributed by atoms with E-state index in [9.17, 15) is 19.2 Å².